The zero-order chi connectivity index (χ0) is 28.6. The summed E-state index contributed by atoms with van der Waals surface area (Å²) in [7, 11) is 3.45. The molecule has 2 saturated carbocycles. The predicted octanol–water partition coefficient (Wildman–Crippen LogP) is 8.44. The van der Waals surface area contributed by atoms with E-state index in [1.54, 1.807) is 14.2 Å². The molecular formula is C36H40O5. The molecular weight excluding hydrogens is 512 g/mol. The minimum Gasteiger partial charge on any atom is -0.496 e. The summed E-state index contributed by atoms with van der Waals surface area (Å²) in [5.41, 5.74) is 6.86. The molecule has 1 aliphatic heterocycles. The van der Waals surface area contributed by atoms with Gasteiger partial charge in [0.25, 0.3) is 0 Å². The highest BCUT2D eigenvalue weighted by Gasteiger charge is 2.41. The Labute approximate surface area is 243 Å². The quantitative estimate of drug-likeness (QED) is 0.294. The fourth-order valence-electron chi connectivity index (χ4n) is 7.50. The van der Waals surface area contributed by atoms with E-state index in [-0.39, 0.29) is 5.92 Å². The molecule has 1 saturated heterocycles. The topological polar surface area (TPSA) is 54.0 Å². The molecule has 3 fully saturated rings. The molecule has 6 rings (SSSR count). The number of methoxy groups -OCH3 is 2. The number of carbonyl (C=O) groups excluding carboxylic acids is 1. The summed E-state index contributed by atoms with van der Waals surface area (Å²) < 4.78 is 23.9. The average Bonchev–Trinajstić information content (AvgIpc) is 3.47. The first-order valence-corrected chi connectivity index (χ1v) is 14.9. The van der Waals surface area contributed by atoms with Gasteiger partial charge in [0.1, 0.15) is 17.3 Å². The largest absolute Gasteiger partial charge is 0.496 e. The fourth-order valence-corrected chi connectivity index (χ4v) is 7.50. The van der Waals surface area contributed by atoms with Gasteiger partial charge in [-0.1, -0.05) is 49.6 Å². The molecule has 2 aliphatic carbocycles. The predicted molar refractivity (Wildman–Crippen MR) is 165 cm³/mol. The Hall–Kier alpha value is -3.41. The molecule has 0 N–H and O–H groups in total. The van der Waals surface area contributed by atoms with Gasteiger partial charge in [0.05, 0.1) is 27.4 Å². The lowest BCUT2D eigenvalue weighted by atomic mass is 9.74. The molecule has 3 aromatic carbocycles. The number of ketones is 1. The summed E-state index contributed by atoms with van der Waals surface area (Å²) in [6.45, 7) is 9.70. The minimum atomic E-state index is -0.403. The standard InChI is InChI=1S/C36H40O5/c1-5-26-27(6-2)34(24-10-12-25(37)13-11-24)31(22-33(26)39-4)29-8-7-9-30-32(38-3)15-14-28(35(29)30)23-16-18-36(19-17-23)40-20-21-41-36/h5-9,14-15,22-24H,1-2,10-13,16-21H2,3-4H3. The lowest BCUT2D eigenvalue weighted by Gasteiger charge is -2.36. The third-order valence-corrected chi connectivity index (χ3v) is 9.53. The van der Waals surface area contributed by atoms with Gasteiger partial charge in [-0.25, -0.2) is 0 Å². The van der Waals surface area contributed by atoms with Gasteiger partial charge in [-0.05, 0) is 82.9 Å². The van der Waals surface area contributed by atoms with E-state index in [2.05, 4.69) is 49.6 Å². The highest BCUT2D eigenvalue weighted by Crippen LogP contribution is 2.50. The van der Waals surface area contributed by atoms with Gasteiger partial charge < -0.3 is 18.9 Å². The van der Waals surface area contributed by atoms with Gasteiger partial charge in [-0.3, -0.25) is 4.79 Å². The second-order valence-corrected chi connectivity index (χ2v) is 11.6. The second kappa shape index (κ2) is 11.5. The van der Waals surface area contributed by atoms with Crippen LogP contribution in [0.3, 0.4) is 0 Å². The van der Waals surface area contributed by atoms with E-state index in [4.69, 9.17) is 18.9 Å². The van der Waals surface area contributed by atoms with Crippen molar-refractivity contribution >= 4 is 28.7 Å². The fraction of sp³-hybridized carbons (Fsp3) is 0.417. The monoisotopic (exact) mass is 552 g/mol. The summed E-state index contributed by atoms with van der Waals surface area (Å²) in [5.74, 6) is 2.21. The van der Waals surface area contributed by atoms with Gasteiger partial charge in [0.2, 0.25) is 0 Å². The molecule has 0 radical (unpaired) electrons. The molecule has 5 heteroatoms. The van der Waals surface area contributed by atoms with E-state index >= 15 is 0 Å². The number of rotatable bonds is 7. The van der Waals surface area contributed by atoms with E-state index in [1.807, 2.05) is 12.2 Å². The third-order valence-electron chi connectivity index (χ3n) is 9.53. The van der Waals surface area contributed by atoms with Crippen LogP contribution in [0.15, 0.2) is 49.6 Å². The van der Waals surface area contributed by atoms with Gasteiger partial charge in [0.15, 0.2) is 5.79 Å². The van der Waals surface area contributed by atoms with Gasteiger partial charge in [-0.2, -0.15) is 0 Å². The van der Waals surface area contributed by atoms with Gasteiger partial charge in [-0.15, -0.1) is 0 Å². The van der Waals surface area contributed by atoms with Crippen molar-refractivity contribution in [1.29, 1.82) is 0 Å². The zero-order valence-electron chi connectivity index (χ0n) is 24.3. The first-order valence-electron chi connectivity index (χ1n) is 14.9. The van der Waals surface area contributed by atoms with Crippen molar-refractivity contribution < 1.29 is 23.7 Å². The van der Waals surface area contributed by atoms with Crippen LogP contribution >= 0.6 is 0 Å². The van der Waals surface area contributed by atoms with E-state index in [1.165, 1.54) is 16.5 Å². The van der Waals surface area contributed by atoms with Gasteiger partial charge in [0, 0.05) is 36.6 Å². The van der Waals surface area contributed by atoms with Crippen molar-refractivity contribution in [3.05, 3.63) is 71.8 Å². The number of ether oxygens (including phenoxy) is 4. The summed E-state index contributed by atoms with van der Waals surface area (Å²) >= 11 is 0. The van der Waals surface area contributed by atoms with E-state index in [0.717, 1.165) is 77.7 Å². The maximum Gasteiger partial charge on any atom is 0.168 e. The first-order chi connectivity index (χ1) is 20.0. The maximum atomic E-state index is 12.2. The van der Waals surface area contributed by atoms with Crippen LogP contribution in [-0.4, -0.2) is 39.0 Å². The molecule has 3 aromatic rings. The summed E-state index contributed by atoms with van der Waals surface area (Å²) in [6.07, 6.45) is 10.5. The Balaban J connectivity index is 1.58. The molecule has 0 aromatic heterocycles. The van der Waals surface area contributed by atoms with Crippen molar-refractivity contribution in [2.24, 2.45) is 0 Å². The molecule has 1 spiro atoms. The number of hydrogen-bond donors (Lipinski definition) is 0. The molecule has 1 heterocycles. The molecule has 41 heavy (non-hydrogen) atoms. The number of carbonyl (C=O) groups is 1. The molecule has 0 amide bonds. The molecule has 0 atom stereocenters. The smallest absolute Gasteiger partial charge is 0.168 e. The van der Waals surface area contributed by atoms with Crippen LogP contribution in [0, 0.1) is 0 Å². The van der Waals surface area contributed by atoms with Crippen molar-refractivity contribution in [2.45, 2.75) is 69.0 Å². The Morgan fingerprint density at radius 3 is 2.15 bits per heavy atom. The Morgan fingerprint density at radius 1 is 0.829 bits per heavy atom. The van der Waals surface area contributed by atoms with E-state index < -0.39 is 5.79 Å². The zero-order valence-corrected chi connectivity index (χ0v) is 24.3. The highest BCUT2D eigenvalue weighted by molar-refractivity contribution is 6.04. The minimum absolute atomic E-state index is 0.246. The number of Topliss-reactive ketones (excluding diaryl/α,β-unsaturated/α-hetero) is 1. The molecule has 0 unspecified atom stereocenters. The number of benzene rings is 3. The van der Waals surface area contributed by atoms with Crippen molar-refractivity contribution in [2.75, 3.05) is 27.4 Å². The van der Waals surface area contributed by atoms with Crippen LogP contribution in [0.1, 0.15) is 85.5 Å². The van der Waals surface area contributed by atoms with E-state index in [0.29, 0.717) is 37.8 Å². The second-order valence-electron chi connectivity index (χ2n) is 11.6. The highest BCUT2D eigenvalue weighted by atomic mass is 16.7. The van der Waals surface area contributed by atoms with Crippen LogP contribution < -0.4 is 9.47 Å². The van der Waals surface area contributed by atoms with Crippen LogP contribution in [0.4, 0.5) is 0 Å². The Morgan fingerprint density at radius 2 is 1.51 bits per heavy atom. The number of hydrogen-bond acceptors (Lipinski definition) is 5. The Bertz CT molecular complexity index is 1480. The van der Waals surface area contributed by atoms with E-state index in [9.17, 15) is 4.79 Å². The summed E-state index contributed by atoms with van der Waals surface area (Å²) in [6, 6.07) is 13.0. The number of fused-ring (bicyclic) bond motifs is 1. The van der Waals surface area contributed by atoms with Crippen molar-refractivity contribution in [1.82, 2.24) is 0 Å². The van der Waals surface area contributed by atoms with Crippen molar-refractivity contribution in [3.63, 3.8) is 0 Å². The molecule has 0 bridgehead atoms. The van der Waals surface area contributed by atoms with Crippen molar-refractivity contribution in [3.8, 4) is 22.6 Å². The molecule has 214 valence electrons. The summed E-state index contributed by atoms with van der Waals surface area (Å²) in [5, 5.41) is 2.32. The first kappa shape index (κ1) is 27.7. The third kappa shape index (κ3) is 4.89. The van der Waals surface area contributed by atoms with Crippen LogP contribution in [0.25, 0.3) is 34.1 Å². The van der Waals surface area contributed by atoms with Gasteiger partial charge >= 0.3 is 0 Å². The SMILES string of the molecule is C=Cc1c(OC)cc(-c2cccc3c(OC)ccc(C4CCC5(CC4)OCCO5)c23)c(C2CCC(=O)CC2)c1C=C. The lowest BCUT2D eigenvalue weighted by molar-refractivity contribution is -0.178. The average molecular weight is 553 g/mol. The summed E-state index contributed by atoms with van der Waals surface area (Å²) in [4.78, 5) is 12.2. The van der Waals surface area contributed by atoms with Crippen LogP contribution in [0.2, 0.25) is 0 Å². The van der Waals surface area contributed by atoms with Crippen LogP contribution in [0.5, 0.6) is 11.5 Å². The Kier molecular flexibility index (Phi) is 7.76. The molecule has 3 aliphatic rings. The lowest BCUT2D eigenvalue weighted by Crippen LogP contribution is -2.34. The molecule has 5 nitrogen and oxygen atoms in total. The van der Waals surface area contributed by atoms with Crippen LogP contribution in [-0.2, 0) is 14.3 Å². The normalized spacial score (nSPS) is 19.5. The maximum absolute atomic E-state index is 12.2.